The molecule has 0 amide bonds. The van der Waals surface area contributed by atoms with E-state index >= 15 is 0 Å². The van der Waals surface area contributed by atoms with Gasteiger partial charge >= 0.3 is 0 Å². The molecule has 4 nitrogen and oxygen atoms in total. The molecule has 0 atom stereocenters. The van der Waals surface area contributed by atoms with Crippen molar-refractivity contribution in [2.24, 2.45) is 0 Å². The molecule has 1 aliphatic carbocycles. The maximum Gasteiger partial charge on any atom is 0.138 e. The van der Waals surface area contributed by atoms with E-state index < -0.39 is 0 Å². The van der Waals surface area contributed by atoms with Gasteiger partial charge in [0.15, 0.2) is 0 Å². The topological polar surface area (TPSA) is 43.6 Å². The lowest BCUT2D eigenvalue weighted by molar-refractivity contribution is 0.660. The molecule has 196 valence electrons. The maximum atomic E-state index is 5.33. The minimum atomic E-state index is -0.216. The summed E-state index contributed by atoms with van der Waals surface area (Å²) in [6, 6.07) is 23.5. The molecule has 7 aromatic rings. The summed E-state index contributed by atoms with van der Waals surface area (Å²) in [7, 11) is 0. The zero-order valence-electron chi connectivity index (χ0n) is 23.3. The molecule has 41 heavy (non-hydrogen) atoms. The first-order valence-electron chi connectivity index (χ1n) is 14.0. The van der Waals surface area contributed by atoms with Crippen LogP contribution in [0.15, 0.2) is 116 Å². The number of rotatable bonds is 3. The van der Waals surface area contributed by atoms with Crippen molar-refractivity contribution in [2.75, 3.05) is 0 Å². The molecule has 0 saturated heterocycles. The molecule has 0 saturated carbocycles. The molecule has 4 heteroatoms. The highest BCUT2D eigenvalue weighted by atomic mass is 15.1. The number of allylic oxidation sites excluding steroid dienone is 5. The standard InChI is InChI=1S/C37H28N4/c1-5-6-12-28-22(2)31-33(37(28,3)4)27-21-38-20-18-25(27)32-26-11-7-8-13-29(26)41(36(31)32)30-17-16-24-15-14-23-10-9-19-39-34(23)35(24)40-30/h5-21H,1H2,2-4H3/b12-6-. The Hall–Kier alpha value is -5.09. The van der Waals surface area contributed by atoms with Gasteiger partial charge in [-0.2, -0.15) is 0 Å². The van der Waals surface area contributed by atoms with Gasteiger partial charge in [0, 0.05) is 56.5 Å². The van der Waals surface area contributed by atoms with Crippen LogP contribution in [0.2, 0.25) is 0 Å². The van der Waals surface area contributed by atoms with Crippen molar-refractivity contribution >= 4 is 60.0 Å². The Morgan fingerprint density at radius 1 is 0.829 bits per heavy atom. The second-order valence-corrected chi connectivity index (χ2v) is 11.4. The van der Waals surface area contributed by atoms with Crippen LogP contribution in [0.3, 0.4) is 0 Å². The maximum absolute atomic E-state index is 5.33. The van der Waals surface area contributed by atoms with Crippen molar-refractivity contribution in [3.05, 3.63) is 127 Å². The van der Waals surface area contributed by atoms with Gasteiger partial charge in [-0.05, 0) is 59.4 Å². The van der Waals surface area contributed by atoms with Gasteiger partial charge in [-0.3, -0.25) is 14.5 Å². The molecule has 3 aromatic carbocycles. The van der Waals surface area contributed by atoms with Crippen molar-refractivity contribution in [3.63, 3.8) is 0 Å². The van der Waals surface area contributed by atoms with Crippen LogP contribution in [0.5, 0.6) is 0 Å². The second kappa shape index (κ2) is 8.45. The van der Waals surface area contributed by atoms with Gasteiger partial charge < -0.3 is 0 Å². The van der Waals surface area contributed by atoms with E-state index in [9.17, 15) is 0 Å². The number of fused-ring (bicyclic) bond motifs is 11. The normalized spacial score (nSPS) is 14.8. The lowest BCUT2D eigenvalue weighted by atomic mass is 9.78. The first kappa shape index (κ1) is 23.8. The summed E-state index contributed by atoms with van der Waals surface area (Å²) in [6.07, 6.45) is 11.9. The molecular weight excluding hydrogens is 500 g/mol. The van der Waals surface area contributed by atoms with Gasteiger partial charge in [-0.25, -0.2) is 4.98 Å². The molecule has 0 spiro atoms. The van der Waals surface area contributed by atoms with Crippen molar-refractivity contribution in [3.8, 4) is 5.82 Å². The molecule has 1 aliphatic rings. The number of hydrogen-bond acceptors (Lipinski definition) is 3. The molecule has 0 N–H and O–H groups in total. The van der Waals surface area contributed by atoms with Crippen LogP contribution in [0.25, 0.3) is 65.8 Å². The first-order valence-corrected chi connectivity index (χ1v) is 14.0. The summed E-state index contributed by atoms with van der Waals surface area (Å²) in [5, 5.41) is 7.03. The highest BCUT2D eigenvalue weighted by molar-refractivity contribution is 6.25. The fraction of sp³-hybridized carbons (Fsp3) is 0.108. The Kier molecular flexibility index (Phi) is 4.90. The summed E-state index contributed by atoms with van der Waals surface area (Å²) in [4.78, 5) is 14.7. The van der Waals surface area contributed by atoms with E-state index in [1.807, 2.05) is 36.8 Å². The van der Waals surface area contributed by atoms with Crippen LogP contribution < -0.4 is 0 Å². The van der Waals surface area contributed by atoms with Gasteiger partial charge in [0.05, 0.1) is 22.1 Å². The Balaban J connectivity index is 1.61. The SMILES string of the molecule is C=C/C=C\C1=C(C)c2c(c3cnccc3c3c4ccccc4n(-c4ccc5ccc6cccnc6c5n4)c23)C1(C)C. The fourth-order valence-electron chi connectivity index (χ4n) is 7.14. The minimum Gasteiger partial charge on any atom is -0.293 e. The average Bonchev–Trinajstić information content (AvgIpc) is 3.44. The predicted octanol–water partition coefficient (Wildman–Crippen LogP) is 9.24. The quantitative estimate of drug-likeness (QED) is 0.170. The number of para-hydroxylation sites is 1. The molecule has 0 aliphatic heterocycles. The molecule has 0 unspecified atom stereocenters. The second-order valence-electron chi connectivity index (χ2n) is 11.4. The van der Waals surface area contributed by atoms with Gasteiger partial charge in [-0.1, -0.05) is 75.1 Å². The van der Waals surface area contributed by atoms with Gasteiger partial charge in [-0.15, -0.1) is 0 Å². The van der Waals surface area contributed by atoms with E-state index in [-0.39, 0.29) is 5.41 Å². The van der Waals surface area contributed by atoms with E-state index in [4.69, 9.17) is 9.97 Å². The van der Waals surface area contributed by atoms with E-state index in [2.05, 4.69) is 104 Å². The highest BCUT2D eigenvalue weighted by Crippen LogP contribution is 2.54. The summed E-state index contributed by atoms with van der Waals surface area (Å²) < 4.78 is 2.37. The monoisotopic (exact) mass is 528 g/mol. The third kappa shape index (κ3) is 3.13. The molecular formula is C37H28N4. The van der Waals surface area contributed by atoms with Gasteiger partial charge in [0.25, 0.3) is 0 Å². The number of hydrogen-bond donors (Lipinski definition) is 0. The summed E-state index contributed by atoms with van der Waals surface area (Å²) in [6.45, 7) is 10.8. The predicted molar refractivity (Wildman–Crippen MR) is 172 cm³/mol. The smallest absolute Gasteiger partial charge is 0.138 e. The number of aromatic nitrogens is 4. The summed E-state index contributed by atoms with van der Waals surface area (Å²) in [5.74, 6) is 0.887. The summed E-state index contributed by atoms with van der Waals surface area (Å²) >= 11 is 0. The lowest BCUT2D eigenvalue weighted by Gasteiger charge is -2.25. The van der Waals surface area contributed by atoms with E-state index in [1.54, 1.807) is 0 Å². The van der Waals surface area contributed by atoms with Crippen molar-refractivity contribution in [1.82, 2.24) is 19.5 Å². The Morgan fingerprint density at radius 2 is 1.63 bits per heavy atom. The van der Waals surface area contributed by atoms with Crippen LogP contribution in [0, 0.1) is 0 Å². The zero-order chi connectivity index (χ0) is 27.9. The first-order chi connectivity index (χ1) is 20.0. The number of nitrogens with zero attached hydrogens (tertiary/aromatic N) is 4. The molecule has 8 rings (SSSR count). The molecule has 0 radical (unpaired) electrons. The van der Waals surface area contributed by atoms with Crippen LogP contribution >= 0.6 is 0 Å². The molecule has 0 fully saturated rings. The van der Waals surface area contributed by atoms with E-state index in [0.29, 0.717) is 0 Å². The lowest BCUT2D eigenvalue weighted by Crippen LogP contribution is -2.17. The molecule has 0 bridgehead atoms. The van der Waals surface area contributed by atoms with E-state index in [1.165, 1.54) is 49.3 Å². The van der Waals surface area contributed by atoms with Gasteiger partial charge in [0.1, 0.15) is 5.82 Å². The third-order valence-corrected chi connectivity index (χ3v) is 8.84. The average molecular weight is 529 g/mol. The Bertz CT molecular complexity index is 2310. The zero-order valence-corrected chi connectivity index (χ0v) is 23.3. The van der Waals surface area contributed by atoms with Crippen LogP contribution in [0.1, 0.15) is 31.9 Å². The van der Waals surface area contributed by atoms with Crippen molar-refractivity contribution < 1.29 is 0 Å². The Labute approximate surface area is 238 Å². The van der Waals surface area contributed by atoms with Crippen LogP contribution in [-0.4, -0.2) is 19.5 Å². The highest BCUT2D eigenvalue weighted by Gasteiger charge is 2.39. The van der Waals surface area contributed by atoms with Crippen LogP contribution in [-0.2, 0) is 5.41 Å². The van der Waals surface area contributed by atoms with Crippen molar-refractivity contribution in [1.29, 1.82) is 0 Å². The largest absolute Gasteiger partial charge is 0.293 e. The van der Waals surface area contributed by atoms with E-state index in [0.717, 1.165) is 33.1 Å². The van der Waals surface area contributed by atoms with Crippen LogP contribution in [0.4, 0.5) is 0 Å². The Morgan fingerprint density at radius 3 is 2.49 bits per heavy atom. The number of benzene rings is 3. The third-order valence-electron chi connectivity index (χ3n) is 8.84. The minimum absolute atomic E-state index is 0.216. The van der Waals surface area contributed by atoms with Crippen molar-refractivity contribution in [2.45, 2.75) is 26.2 Å². The summed E-state index contributed by atoms with van der Waals surface area (Å²) in [5.41, 5.74) is 9.09. The molecule has 4 heterocycles. The molecule has 4 aromatic heterocycles. The van der Waals surface area contributed by atoms with Gasteiger partial charge in [0.2, 0.25) is 0 Å². The number of pyridine rings is 3. The fourth-order valence-corrected chi connectivity index (χ4v) is 7.14.